The van der Waals surface area contributed by atoms with Crippen molar-refractivity contribution in [2.45, 2.75) is 25.8 Å². The van der Waals surface area contributed by atoms with E-state index in [9.17, 15) is 22.8 Å². The molecular formula is C21H21F3N2O3. The number of rotatable bonds is 5. The van der Waals surface area contributed by atoms with Crippen LogP contribution < -0.4 is 10.1 Å². The van der Waals surface area contributed by atoms with Crippen molar-refractivity contribution in [2.24, 2.45) is 0 Å². The van der Waals surface area contributed by atoms with Crippen LogP contribution in [0, 0.1) is 17.5 Å². The van der Waals surface area contributed by atoms with Crippen molar-refractivity contribution in [1.82, 2.24) is 10.2 Å². The van der Waals surface area contributed by atoms with Gasteiger partial charge < -0.3 is 15.0 Å². The molecule has 0 radical (unpaired) electrons. The third-order valence-corrected chi connectivity index (χ3v) is 4.81. The van der Waals surface area contributed by atoms with Crippen molar-refractivity contribution in [3.63, 3.8) is 0 Å². The zero-order valence-electron chi connectivity index (χ0n) is 15.9. The molecule has 1 heterocycles. The van der Waals surface area contributed by atoms with Gasteiger partial charge in [-0.1, -0.05) is 0 Å². The number of piperidine rings is 1. The molecule has 2 aromatic carbocycles. The van der Waals surface area contributed by atoms with Gasteiger partial charge in [0.15, 0.2) is 17.5 Å². The molecule has 1 saturated heterocycles. The van der Waals surface area contributed by atoms with E-state index in [0.29, 0.717) is 49.9 Å². The Morgan fingerprint density at radius 2 is 1.69 bits per heavy atom. The molecule has 0 spiro atoms. The summed E-state index contributed by atoms with van der Waals surface area (Å²) in [6.45, 7) is 3.25. The normalized spacial score (nSPS) is 14.6. The molecule has 0 aromatic heterocycles. The number of amides is 2. The average molecular weight is 406 g/mol. The van der Waals surface area contributed by atoms with Crippen LogP contribution in [0.2, 0.25) is 0 Å². The minimum absolute atomic E-state index is 0.121. The summed E-state index contributed by atoms with van der Waals surface area (Å²) in [5, 5.41) is 2.62. The average Bonchev–Trinajstić information content (AvgIpc) is 2.73. The number of hydrogen-bond donors (Lipinski definition) is 1. The lowest BCUT2D eigenvalue weighted by Crippen LogP contribution is -2.46. The Hall–Kier alpha value is -3.03. The SMILES string of the molecule is CCOc1ccc(C(=O)N2CCC(NC(=O)c3ccc(F)c(F)c3F)CC2)cc1. The number of halogens is 3. The second-order valence-corrected chi connectivity index (χ2v) is 6.72. The van der Waals surface area contributed by atoms with E-state index in [1.807, 2.05) is 6.92 Å². The quantitative estimate of drug-likeness (QED) is 0.773. The van der Waals surface area contributed by atoms with Gasteiger partial charge in [-0.05, 0) is 56.2 Å². The Bertz CT molecular complexity index is 895. The molecule has 0 saturated carbocycles. The summed E-state index contributed by atoms with van der Waals surface area (Å²) in [5.41, 5.74) is -0.00316. The molecule has 0 aliphatic carbocycles. The van der Waals surface area contributed by atoms with E-state index < -0.39 is 28.9 Å². The first kappa shape index (κ1) is 20.7. The Balaban J connectivity index is 1.55. The molecule has 5 nitrogen and oxygen atoms in total. The molecule has 0 bridgehead atoms. The summed E-state index contributed by atoms with van der Waals surface area (Å²) in [6, 6.07) is 8.21. The molecule has 1 aliphatic heterocycles. The van der Waals surface area contributed by atoms with Crippen molar-refractivity contribution in [2.75, 3.05) is 19.7 Å². The van der Waals surface area contributed by atoms with Gasteiger partial charge in [-0.15, -0.1) is 0 Å². The van der Waals surface area contributed by atoms with Crippen molar-refractivity contribution in [1.29, 1.82) is 0 Å². The molecule has 0 unspecified atom stereocenters. The van der Waals surface area contributed by atoms with E-state index in [0.717, 1.165) is 6.07 Å². The number of carbonyl (C=O) groups excluding carboxylic acids is 2. The van der Waals surface area contributed by atoms with Gasteiger partial charge in [-0.3, -0.25) is 9.59 Å². The van der Waals surface area contributed by atoms with Gasteiger partial charge in [0.25, 0.3) is 11.8 Å². The first-order valence-electron chi connectivity index (χ1n) is 9.37. The van der Waals surface area contributed by atoms with Crippen LogP contribution in [0.15, 0.2) is 36.4 Å². The zero-order valence-corrected chi connectivity index (χ0v) is 15.9. The monoisotopic (exact) mass is 406 g/mol. The molecule has 2 amide bonds. The summed E-state index contributed by atoms with van der Waals surface area (Å²) in [5.74, 6) is -4.77. The van der Waals surface area contributed by atoms with Crippen LogP contribution in [-0.4, -0.2) is 42.5 Å². The topological polar surface area (TPSA) is 58.6 Å². The van der Waals surface area contributed by atoms with Crippen LogP contribution in [0.4, 0.5) is 13.2 Å². The maximum absolute atomic E-state index is 13.8. The van der Waals surface area contributed by atoms with Crippen LogP contribution in [0.3, 0.4) is 0 Å². The van der Waals surface area contributed by atoms with Crippen LogP contribution in [0.5, 0.6) is 5.75 Å². The molecule has 1 fully saturated rings. The fraction of sp³-hybridized carbons (Fsp3) is 0.333. The fourth-order valence-corrected chi connectivity index (χ4v) is 3.23. The van der Waals surface area contributed by atoms with Gasteiger partial charge >= 0.3 is 0 Å². The predicted molar refractivity (Wildman–Crippen MR) is 100 cm³/mol. The first-order valence-corrected chi connectivity index (χ1v) is 9.37. The summed E-state index contributed by atoms with van der Waals surface area (Å²) < 4.78 is 45.4. The van der Waals surface area contributed by atoms with E-state index in [4.69, 9.17) is 4.74 Å². The Morgan fingerprint density at radius 3 is 2.31 bits per heavy atom. The molecule has 0 atom stereocenters. The lowest BCUT2D eigenvalue weighted by molar-refractivity contribution is 0.0697. The van der Waals surface area contributed by atoms with Crippen LogP contribution >= 0.6 is 0 Å². The van der Waals surface area contributed by atoms with E-state index >= 15 is 0 Å². The Kier molecular flexibility index (Phi) is 6.41. The first-order chi connectivity index (χ1) is 13.9. The second-order valence-electron chi connectivity index (χ2n) is 6.72. The van der Waals surface area contributed by atoms with Gasteiger partial charge in [-0.2, -0.15) is 0 Å². The highest BCUT2D eigenvalue weighted by atomic mass is 19.2. The summed E-state index contributed by atoms with van der Waals surface area (Å²) in [7, 11) is 0. The minimum Gasteiger partial charge on any atom is -0.494 e. The number of nitrogens with one attached hydrogen (secondary N) is 1. The molecular weight excluding hydrogens is 385 g/mol. The van der Waals surface area contributed by atoms with Crippen molar-refractivity contribution < 1.29 is 27.5 Å². The molecule has 154 valence electrons. The van der Waals surface area contributed by atoms with Crippen molar-refractivity contribution in [3.05, 3.63) is 65.0 Å². The van der Waals surface area contributed by atoms with Gasteiger partial charge in [0.1, 0.15) is 5.75 Å². The zero-order chi connectivity index (χ0) is 21.0. The molecule has 2 aromatic rings. The second kappa shape index (κ2) is 8.98. The third-order valence-electron chi connectivity index (χ3n) is 4.81. The Morgan fingerprint density at radius 1 is 1.03 bits per heavy atom. The number of benzene rings is 2. The van der Waals surface area contributed by atoms with Crippen molar-refractivity contribution >= 4 is 11.8 Å². The highest BCUT2D eigenvalue weighted by Gasteiger charge is 2.26. The van der Waals surface area contributed by atoms with Crippen LogP contribution in [-0.2, 0) is 0 Å². The lowest BCUT2D eigenvalue weighted by atomic mass is 10.0. The van der Waals surface area contributed by atoms with Gasteiger partial charge in [0.05, 0.1) is 12.2 Å². The molecule has 29 heavy (non-hydrogen) atoms. The summed E-state index contributed by atoms with van der Waals surface area (Å²) >= 11 is 0. The van der Waals surface area contributed by atoms with E-state index in [1.54, 1.807) is 29.2 Å². The van der Waals surface area contributed by atoms with Crippen LogP contribution in [0.25, 0.3) is 0 Å². The highest BCUT2D eigenvalue weighted by Crippen LogP contribution is 2.19. The van der Waals surface area contributed by atoms with E-state index in [1.165, 1.54) is 0 Å². The molecule has 8 heteroatoms. The summed E-state index contributed by atoms with van der Waals surface area (Å²) in [4.78, 5) is 26.5. The maximum Gasteiger partial charge on any atom is 0.254 e. The predicted octanol–water partition coefficient (Wildman–Crippen LogP) is 3.54. The van der Waals surface area contributed by atoms with Gasteiger partial charge in [0, 0.05) is 24.7 Å². The van der Waals surface area contributed by atoms with E-state index in [2.05, 4.69) is 5.32 Å². The lowest BCUT2D eigenvalue weighted by Gasteiger charge is -2.32. The number of hydrogen-bond acceptors (Lipinski definition) is 3. The number of carbonyl (C=O) groups is 2. The third kappa shape index (κ3) is 4.70. The fourth-order valence-electron chi connectivity index (χ4n) is 3.23. The Labute approximate surface area is 166 Å². The standard InChI is InChI=1S/C21H21F3N2O3/c1-2-29-15-5-3-13(4-6-15)21(28)26-11-9-14(10-12-26)25-20(27)16-7-8-17(22)19(24)18(16)23/h3-8,14H,2,9-12H2,1H3,(H,25,27). The number of nitrogens with zero attached hydrogens (tertiary/aromatic N) is 1. The van der Waals surface area contributed by atoms with Gasteiger partial charge in [0.2, 0.25) is 0 Å². The highest BCUT2D eigenvalue weighted by molar-refractivity contribution is 5.95. The summed E-state index contributed by atoms with van der Waals surface area (Å²) in [6.07, 6.45) is 0.944. The molecule has 3 rings (SSSR count). The van der Waals surface area contributed by atoms with Crippen molar-refractivity contribution in [3.8, 4) is 5.75 Å². The smallest absolute Gasteiger partial charge is 0.254 e. The van der Waals surface area contributed by atoms with E-state index in [-0.39, 0.29) is 11.9 Å². The molecule has 1 N–H and O–H groups in total. The molecule has 1 aliphatic rings. The number of ether oxygens (including phenoxy) is 1. The van der Waals surface area contributed by atoms with Gasteiger partial charge in [-0.25, -0.2) is 13.2 Å². The maximum atomic E-state index is 13.8. The largest absolute Gasteiger partial charge is 0.494 e. The minimum atomic E-state index is -1.67. The number of likely N-dealkylation sites (tertiary alicyclic amines) is 1. The van der Waals surface area contributed by atoms with Crippen LogP contribution in [0.1, 0.15) is 40.5 Å².